The van der Waals surface area contributed by atoms with E-state index in [1.54, 1.807) is 4.57 Å². The van der Waals surface area contributed by atoms with E-state index in [4.69, 9.17) is 0 Å². The van der Waals surface area contributed by atoms with E-state index < -0.39 is 6.04 Å². The summed E-state index contributed by atoms with van der Waals surface area (Å²) in [4.78, 5) is 16.1. The number of imidazole rings is 1. The van der Waals surface area contributed by atoms with Crippen LogP contribution in [-0.4, -0.2) is 57.1 Å². The van der Waals surface area contributed by atoms with Crippen molar-refractivity contribution in [1.29, 1.82) is 0 Å². The Morgan fingerprint density at radius 3 is 2.39 bits per heavy atom. The van der Waals surface area contributed by atoms with Crippen molar-refractivity contribution < 1.29 is 10.2 Å². The van der Waals surface area contributed by atoms with Crippen LogP contribution in [0.5, 0.6) is 0 Å². The second kappa shape index (κ2) is 7.46. The molecule has 3 atom stereocenters. The molecule has 1 saturated heterocycles. The zero-order valence-electron chi connectivity index (χ0n) is 18.3. The van der Waals surface area contributed by atoms with Crippen LogP contribution < -0.4 is 5.69 Å². The van der Waals surface area contributed by atoms with E-state index >= 15 is 0 Å². The summed E-state index contributed by atoms with van der Waals surface area (Å²) in [6.07, 6.45) is 9.36. The zero-order chi connectivity index (χ0) is 21.2. The molecule has 2 N–H and O–H groups in total. The summed E-state index contributed by atoms with van der Waals surface area (Å²) in [6, 6.07) is 7.39. The quantitative estimate of drug-likeness (QED) is 0.747. The molecule has 3 aliphatic carbocycles. The van der Waals surface area contributed by atoms with Gasteiger partial charge in [-0.05, 0) is 80.2 Å². The second-order valence-electron chi connectivity index (χ2n) is 10.7. The summed E-state index contributed by atoms with van der Waals surface area (Å²) in [7, 11) is 0. The fourth-order valence-electron chi connectivity index (χ4n) is 7.69. The standard InChI is InChI=1S/C25H35N3O3/c29-15-20(16-30)28-23-4-2-1-3-22(23)27(24(28)31)19-7-11-26(12-8-19)14-21-17-5-6-18(13-17)25(21)9-10-25/h1-4,17-21,29-30H,5-16H2/t17-,18+,21+/m0/s1. The number of likely N-dealkylation sites (tertiary alicyclic amines) is 1. The van der Waals surface area contributed by atoms with Crippen LogP contribution in [0, 0.1) is 23.2 Å². The molecule has 2 aromatic rings. The van der Waals surface area contributed by atoms with Gasteiger partial charge in [-0.2, -0.15) is 0 Å². The summed E-state index contributed by atoms with van der Waals surface area (Å²) < 4.78 is 3.53. The number of benzene rings is 1. The lowest BCUT2D eigenvalue weighted by Gasteiger charge is -2.39. The van der Waals surface area contributed by atoms with Gasteiger partial charge in [-0.3, -0.25) is 9.13 Å². The van der Waals surface area contributed by atoms with Gasteiger partial charge in [0.1, 0.15) is 0 Å². The normalized spacial score (nSPS) is 30.2. The van der Waals surface area contributed by atoms with Crippen LogP contribution in [0.15, 0.2) is 29.1 Å². The van der Waals surface area contributed by atoms with Crippen LogP contribution >= 0.6 is 0 Å². The highest BCUT2D eigenvalue weighted by Crippen LogP contribution is 2.71. The van der Waals surface area contributed by atoms with Gasteiger partial charge in [0.05, 0.1) is 30.3 Å². The van der Waals surface area contributed by atoms with Gasteiger partial charge < -0.3 is 15.1 Å². The maximum atomic E-state index is 13.4. The highest BCUT2D eigenvalue weighted by Gasteiger charge is 2.63. The molecule has 2 bridgehead atoms. The van der Waals surface area contributed by atoms with Gasteiger partial charge in [0.2, 0.25) is 0 Å². The number of piperidine rings is 1. The van der Waals surface area contributed by atoms with Gasteiger partial charge in [-0.1, -0.05) is 12.1 Å². The molecule has 4 fully saturated rings. The molecule has 2 heterocycles. The number of aliphatic hydroxyl groups is 2. The van der Waals surface area contributed by atoms with Crippen LogP contribution in [0.25, 0.3) is 11.0 Å². The molecule has 1 aromatic heterocycles. The molecule has 0 amide bonds. The van der Waals surface area contributed by atoms with E-state index in [0.29, 0.717) is 5.41 Å². The highest BCUT2D eigenvalue weighted by molar-refractivity contribution is 5.76. The van der Waals surface area contributed by atoms with Crippen LogP contribution in [0.1, 0.15) is 57.0 Å². The maximum absolute atomic E-state index is 13.4. The number of hydrogen-bond acceptors (Lipinski definition) is 4. The minimum absolute atomic E-state index is 0.0993. The zero-order valence-corrected chi connectivity index (χ0v) is 18.3. The second-order valence-corrected chi connectivity index (χ2v) is 10.7. The lowest BCUT2D eigenvalue weighted by Crippen LogP contribution is -2.43. The van der Waals surface area contributed by atoms with E-state index in [0.717, 1.165) is 54.7 Å². The third kappa shape index (κ3) is 2.98. The number of fused-ring (bicyclic) bond motifs is 4. The largest absolute Gasteiger partial charge is 0.394 e. The van der Waals surface area contributed by atoms with Crippen molar-refractivity contribution in [2.24, 2.45) is 23.2 Å². The minimum Gasteiger partial charge on any atom is -0.394 e. The first-order valence-corrected chi connectivity index (χ1v) is 12.3. The van der Waals surface area contributed by atoms with Gasteiger partial charge in [0.25, 0.3) is 0 Å². The molecule has 6 rings (SSSR count). The average molecular weight is 426 g/mol. The first-order chi connectivity index (χ1) is 15.2. The van der Waals surface area contributed by atoms with Crippen LogP contribution in [0.4, 0.5) is 0 Å². The molecule has 0 radical (unpaired) electrons. The van der Waals surface area contributed by atoms with Crippen molar-refractivity contribution in [3.8, 4) is 0 Å². The third-order valence-corrected chi connectivity index (χ3v) is 9.40. The maximum Gasteiger partial charge on any atom is 0.329 e. The van der Waals surface area contributed by atoms with Gasteiger partial charge in [-0.25, -0.2) is 4.79 Å². The molecule has 1 spiro atoms. The van der Waals surface area contributed by atoms with Gasteiger partial charge >= 0.3 is 5.69 Å². The smallest absolute Gasteiger partial charge is 0.329 e. The van der Waals surface area contributed by atoms with E-state index in [9.17, 15) is 15.0 Å². The molecule has 31 heavy (non-hydrogen) atoms. The molecule has 6 heteroatoms. The summed E-state index contributed by atoms with van der Waals surface area (Å²) in [5, 5.41) is 19.4. The number of nitrogens with zero attached hydrogens (tertiary/aromatic N) is 3. The third-order valence-electron chi connectivity index (χ3n) is 9.40. The molecule has 0 unspecified atom stereocenters. The SMILES string of the molecule is O=c1n(C(CO)CO)c2ccccc2n1C1CCN(C[C@@H]2[C@H]3CC[C@H](C3)C23CC3)CC1. The Hall–Kier alpha value is -1.63. The number of aromatic nitrogens is 2. The first kappa shape index (κ1) is 20.0. The van der Waals surface area contributed by atoms with Crippen molar-refractivity contribution in [3.63, 3.8) is 0 Å². The molecule has 4 aliphatic rings. The molecule has 6 nitrogen and oxygen atoms in total. The molecule has 3 saturated carbocycles. The van der Waals surface area contributed by atoms with Crippen molar-refractivity contribution in [1.82, 2.24) is 14.0 Å². The van der Waals surface area contributed by atoms with Crippen molar-refractivity contribution in [2.75, 3.05) is 32.8 Å². The van der Waals surface area contributed by atoms with Crippen molar-refractivity contribution >= 4 is 11.0 Å². The Morgan fingerprint density at radius 1 is 1.00 bits per heavy atom. The van der Waals surface area contributed by atoms with Crippen molar-refractivity contribution in [2.45, 2.75) is 57.0 Å². The number of para-hydroxylation sites is 2. The molecular formula is C25H35N3O3. The predicted molar refractivity (Wildman–Crippen MR) is 120 cm³/mol. The van der Waals surface area contributed by atoms with E-state index in [-0.39, 0.29) is 24.9 Å². The Bertz CT molecular complexity index is 1010. The number of aliphatic hydroxyl groups excluding tert-OH is 2. The minimum atomic E-state index is -0.591. The molecule has 1 aromatic carbocycles. The summed E-state index contributed by atoms with van der Waals surface area (Å²) >= 11 is 0. The fraction of sp³-hybridized carbons (Fsp3) is 0.720. The van der Waals surface area contributed by atoms with Crippen LogP contribution in [0.3, 0.4) is 0 Å². The lowest BCUT2D eigenvalue weighted by molar-refractivity contribution is 0.100. The monoisotopic (exact) mass is 425 g/mol. The highest BCUT2D eigenvalue weighted by atomic mass is 16.3. The Balaban J connectivity index is 1.21. The van der Waals surface area contributed by atoms with E-state index in [2.05, 4.69) is 4.90 Å². The van der Waals surface area contributed by atoms with Gasteiger partial charge in [0.15, 0.2) is 0 Å². The van der Waals surface area contributed by atoms with Crippen LogP contribution in [0.2, 0.25) is 0 Å². The molecule has 168 valence electrons. The van der Waals surface area contributed by atoms with E-state index in [1.807, 2.05) is 28.8 Å². The first-order valence-electron chi connectivity index (χ1n) is 12.3. The fourth-order valence-corrected chi connectivity index (χ4v) is 7.69. The molecule has 1 aliphatic heterocycles. The Labute approximate surface area is 183 Å². The Morgan fingerprint density at radius 2 is 1.71 bits per heavy atom. The van der Waals surface area contributed by atoms with Gasteiger partial charge in [0, 0.05) is 25.7 Å². The van der Waals surface area contributed by atoms with Crippen LogP contribution in [-0.2, 0) is 0 Å². The van der Waals surface area contributed by atoms with Gasteiger partial charge in [-0.15, -0.1) is 0 Å². The summed E-state index contributed by atoms with van der Waals surface area (Å²) in [5.41, 5.74) is 2.34. The number of rotatable bonds is 6. The van der Waals surface area contributed by atoms with E-state index in [1.165, 1.54) is 38.6 Å². The lowest BCUT2D eigenvalue weighted by atomic mass is 9.76. The summed E-state index contributed by atoms with van der Waals surface area (Å²) in [6.45, 7) is 2.90. The Kier molecular flexibility index (Phi) is 4.82. The van der Waals surface area contributed by atoms with Crippen molar-refractivity contribution in [3.05, 3.63) is 34.7 Å². The predicted octanol–water partition coefficient (Wildman–Crippen LogP) is 2.79. The molecular weight excluding hydrogens is 390 g/mol. The summed E-state index contributed by atoms with van der Waals surface area (Å²) in [5.74, 6) is 2.91. The average Bonchev–Trinajstić information content (AvgIpc) is 3.20. The topological polar surface area (TPSA) is 70.6 Å². The number of hydrogen-bond donors (Lipinski definition) is 2.